The molecular weight excluding hydrogens is 803 g/mol. The van der Waals surface area contributed by atoms with Crippen molar-refractivity contribution in [2.24, 2.45) is 28.8 Å². The standard InChI is InChI=1S/C46H77N3O13/c1-15-33-46(10,55)39(52)27(4)36(48-47-34(50)22-31-19-17-16-18-20-31)25(2)23-45(9,57-14)41(62-43-37(51)32(49(11)12)21-26(3)58-43)28(5)38(29(6)42(54)60-33)61-35-24-44(8,56-13)40(53)30(7)59-35/h16-20,25-30,32-33,35,37-41,43,51-53,55H,15,21-24H2,1-14H3,(H,47,50)/b48-36+/t25-,26?,27+,28+,29-,30+,32?,33-,35+,37?,38+,39-,40+,41-,43?,44-,45-,46-/m1/s1. The first-order valence-electron chi connectivity index (χ1n) is 22.2. The number of nitrogens with one attached hydrogen (secondary N) is 1. The second kappa shape index (κ2) is 21.6. The second-order valence-electron chi connectivity index (χ2n) is 19.0. The van der Waals surface area contributed by atoms with Gasteiger partial charge in [-0.05, 0) is 86.4 Å². The number of hydrazone groups is 1. The number of nitrogens with zero attached hydrogens (tertiary/aromatic N) is 2. The lowest BCUT2D eigenvalue weighted by atomic mass is 9.73. The summed E-state index contributed by atoms with van der Waals surface area (Å²) < 4.78 is 44.8. The molecule has 0 saturated carbocycles. The third-order valence-corrected chi connectivity index (χ3v) is 13.8. The first-order valence-corrected chi connectivity index (χ1v) is 22.2. The summed E-state index contributed by atoms with van der Waals surface area (Å²) >= 11 is 0. The maximum Gasteiger partial charge on any atom is 0.311 e. The quantitative estimate of drug-likeness (QED) is 0.159. The summed E-state index contributed by atoms with van der Waals surface area (Å²) in [5, 5.41) is 51.7. The highest BCUT2D eigenvalue weighted by atomic mass is 16.7. The highest BCUT2D eigenvalue weighted by Crippen LogP contribution is 2.42. The van der Waals surface area contributed by atoms with Gasteiger partial charge in [-0.25, -0.2) is 5.43 Å². The van der Waals surface area contributed by atoms with Gasteiger partial charge in [0.15, 0.2) is 12.6 Å². The number of aliphatic hydroxyl groups is 4. The first-order chi connectivity index (χ1) is 28.9. The van der Waals surface area contributed by atoms with E-state index in [-0.39, 0.29) is 43.7 Å². The van der Waals surface area contributed by atoms with Crippen LogP contribution >= 0.6 is 0 Å². The molecule has 354 valence electrons. The van der Waals surface area contributed by atoms with Gasteiger partial charge < -0.3 is 58.5 Å². The van der Waals surface area contributed by atoms with Gasteiger partial charge in [0.05, 0.1) is 54.1 Å². The van der Waals surface area contributed by atoms with E-state index in [4.69, 9.17) is 33.2 Å². The lowest BCUT2D eigenvalue weighted by Gasteiger charge is -2.50. The van der Waals surface area contributed by atoms with Crippen molar-refractivity contribution in [2.75, 3.05) is 28.3 Å². The van der Waals surface area contributed by atoms with E-state index in [1.54, 1.807) is 41.7 Å². The Bertz CT molecular complexity index is 1630. The highest BCUT2D eigenvalue weighted by molar-refractivity contribution is 5.90. The lowest BCUT2D eigenvalue weighted by Crippen LogP contribution is -2.61. The van der Waals surface area contributed by atoms with Crippen LogP contribution in [-0.2, 0) is 49.2 Å². The van der Waals surface area contributed by atoms with E-state index in [9.17, 15) is 30.0 Å². The zero-order valence-corrected chi connectivity index (χ0v) is 39.4. The van der Waals surface area contributed by atoms with Gasteiger partial charge in [-0.2, -0.15) is 5.10 Å². The Labute approximate surface area is 368 Å². The zero-order valence-electron chi connectivity index (χ0n) is 39.4. The molecule has 4 unspecified atom stereocenters. The normalized spacial score (nSPS) is 43.5. The number of likely N-dealkylation sites (N-methyl/N-ethyl adjacent to an activating group) is 1. The molecule has 1 amide bonds. The third-order valence-electron chi connectivity index (χ3n) is 13.8. The number of carbonyl (C=O) groups excluding carboxylic acids is 2. The summed E-state index contributed by atoms with van der Waals surface area (Å²) in [5.74, 6) is -4.29. The Morgan fingerprint density at radius 1 is 0.903 bits per heavy atom. The van der Waals surface area contributed by atoms with Crippen LogP contribution < -0.4 is 5.43 Å². The van der Waals surface area contributed by atoms with E-state index < -0.39 is 102 Å². The molecule has 0 aliphatic carbocycles. The molecule has 0 aromatic heterocycles. The van der Waals surface area contributed by atoms with E-state index in [1.165, 1.54) is 14.0 Å². The van der Waals surface area contributed by atoms with Gasteiger partial charge in [-0.3, -0.25) is 9.59 Å². The number of hydrogen-bond acceptors (Lipinski definition) is 15. The minimum atomic E-state index is -1.98. The Hall–Kier alpha value is -2.61. The summed E-state index contributed by atoms with van der Waals surface area (Å²) in [7, 11) is 6.82. The number of carbonyl (C=O) groups is 2. The molecule has 0 bridgehead atoms. The van der Waals surface area contributed by atoms with Gasteiger partial charge in [0, 0.05) is 44.2 Å². The number of methoxy groups -OCH3 is 2. The van der Waals surface area contributed by atoms with Gasteiger partial charge >= 0.3 is 5.97 Å². The molecule has 62 heavy (non-hydrogen) atoms. The smallest absolute Gasteiger partial charge is 0.311 e. The molecule has 3 saturated heterocycles. The van der Waals surface area contributed by atoms with E-state index >= 15 is 0 Å². The molecule has 3 aliphatic rings. The molecule has 3 fully saturated rings. The number of esters is 1. The van der Waals surface area contributed by atoms with Crippen molar-refractivity contribution in [1.82, 2.24) is 10.3 Å². The van der Waals surface area contributed by atoms with Crippen LogP contribution in [0.3, 0.4) is 0 Å². The molecule has 16 heteroatoms. The molecule has 4 rings (SSSR count). The van der Waals surface area contributed by atoms with E-state index in [2.05, 4.69) is 10.5 Å². The minimum absolute atomic E-state index is 0.0549. The van der Waals surface area contributed by atoms with Crippen molar-refractivity contribution in [3.8, 4) is 0 Å². The maximum atomic E-state index is 14.5. The SMILES string of the molecule is CC[C@H]1OC(=O)[C@H](C)[C@@H](O[C@H]2C[C@@](C)(OC)[C@@H](O)[C@H](C)O2)[C@H](C)[C@@H](OC2OC(C)CC(N(C)C)C2O)[C@](C)(OC)C[C@@H](C)/C(=N\NC(=O)Cc2ccccc2)[C@H](C)[C@@H](O)[C@]1(C)O. The summed E-state index contributed by atoms with van der Waals surface area (Å²) in [5.41, 5.74) is -0.468. The Kier molecular flexibility index (Phi) is 18.1. The Morgan fingerprint density at radius 3 is 2.11 bits per heavy atom. The van der Waals surface area contributed by atoms with Crippen LogP contribution in [0.5, 0.6) is 0 Å². The van der Waals surface area contributed by atoms with Crippen molar-refractivity contribution < 1.29 is 63.2 Å². The van der Waals surface area contributed by atoms with Gasteiger partial charge in [-0.15, -0.1) is 0 Å². The summed E-state index contributed by atoms with van der Waals surface area (Å²) in [6, 6.07) is 8.92. The van der Waals surface area contributed by atoms with Gasteiger partial charge in [0.1, 0.15) is 23.9 Å². The number of cyclic esters (lactones) is 1. The van der Waals surface area contributed by atoms with Crippen LogP contribution in [0.15, 0.2) is 35.4 Å². The van der Waals surface area contributed by atoms with E-state index in [1.807, 2.05) is 77.0 Å². The van der Waals surface area contributed by atoms with Crippen LogP contribution in [0.4, 0.5) is 0 Å². The number of benzene rings is 1. The number of ether oxygens (including phenoxy) is 7. The van der Waals surface area contributed by atoms with E-state index in [0.717, 1.165) is 5.56 Å². The van der Waals surface area contributed by atoms with Crippen molar-refractivity contribution in [2.45, 2.75) is 186 Å². The Balaban J connectivity index is 1.90. The fourth-order valence-corrected chi connectivity index (χ4v) is 9.75. The van der Waals surface area contributed by atoms with Crippen molar-refractivity contribution in [3.05, 3.63) is 35.9 Å². The fourth-order valence-electron chi connectivity index (χ4n) is 9.75. The van der Waals surface area contributed by atoms with Crippen LogP contribution in [-0.4, -0.2) is 155 Å². The molecule has 1 aromatic rings. The first kappa shape index (κ1) is 52.0. The van der Waals surface area contributed by atoms with Crippen molar-refractivity contribution >= 4 is 17.6 Å². The fraction of sp³-hybridized carbons (Fsp3) is 0.804. The maximum absolute atomic E-state index is 14.5. The van der Waals surface area contributed by atoms with Gasteiger partial charge in [0.25, 0.3) is 0 Å². The number of rotatable bonds is 11. The topological polar surface area (TPSA) is 207 Å². The predicted molar refractivity (Wildman–Crippen MR) is 232 cm³/mol. The van der Waals surface area contributed by atoms with Crippen LogP contribution in [0.25, 0.3) is 0 Å². The molecule has 0 spiro atoms. The van der Waals surface area contributed by atoms with Crippen molar-refractivity contribution in [1.29, 1.82) is 0 Å². The number of amides is 1. The second-order valence-corrected chi connectivity index (χ2v) is 19.0. The summed E-state index contributed by atoms with van der Waals surface area (Å²) in [6.07, 6.45) is -8.79. The average Bonchev–Trinajstić information content (AvgIpc) is 3.22. The van der Waals surface area contributed by atoms with Gasteiger partial charge in [-0.1, -0.05) is 58.0 Å². The summed E-state index contributed by atoms with van der Waals surface area (Å²) in [4.78, 5) is 29.7. The molecule has 3 aliphatic heterocycles. The molecule has 3 heterocycles. The zero-order chi connectivity index (χ0) is 46.5. The molecule has 16 nitrogen and oxygen atoms in total. The highest BCUT2D eigenvalue weighted by Gasteiger charge is 2.54. The molecule has 18 atom stereocenters. The molecule has 0 radical (unpaired) electrons. The van der Waals surface area contributed by atoms with E-state index in [0.29, 0.717) is 12.1 Å². The molecule has 1 aromatic carbocycles. The Morgan fingerprint density at radius 2 is 1.53 bits per heavy atom. The van der Waals surface area contributed by atoms with Crippen LogP contribution in [0.1, 0.15) is 100 Å². The lowest BCUT2D eigenvalue weighted by molar-refractivity contribution is -0.319. The number of hydrogen-bond donors (Lipinski definition) is 5. The predicted octanol–water partition coefficient (Wildman–Crippen LogP) is 3.59. The number of aliphatic hydroxyl groups excluding tert-OH is 3. The van der Waals surface area contributed by atoms with Crippen LogP contribution in [0.2, 0.25) is 0 Å². The largest absolute Gasteiger partial charge is 0.459 e. The average molecular weight is 880 g/mol. The minimum Gasteiger partial charge on any atom is -0.459 e. The van der Waals surface area contributed by atoms with Gasteiger partial charge in [0.2, 0.25) is 5.91 Å². The monoisotopic (exact) mass is 880 g/mol. The molecule has 5 N–H and O–H groups in total. The third kappa shape index (κ3) is 11.8. The van der Waals surface area contributed by atoms with Crippen molar-refractivity contribution in [3.63, 3.8) is 0 Å². The van der Waals surface area contributed by atoms with Crippen LogP contribution in [0, 0.1) is 23.7 Å². The molecular formula is C46H77N3O13. The summed E-state index contributed by atoms with van der Waals surface area (Å²) in [6.45, 7) is 17.5.